The molecule has 1 heterocycles. The first kappa shape index (κ1) is 13.5. The molecule has 0 aliphatic carbocycles. The first-order valence-electron chi connectivity index (χ1n) is 4.28. The second-order valence-electron chi connectivity index (χ2n) is 2.98. The molecule has 1 aromatic rings. The van der Waals surface area contributed by atoms with Gasteiger partial charge in [-0.1, -0.05) is 0 Å². The highest BCUT2D eigenvalue weighted by Crippen LogP contribution is 2.29. The summed E-state index contributed by atoms with van der Waals surface area (Å²) < 4.78 is 39.4. The molecule has 0 aromatic carbocycles. The molecule has 0 spiro atoms. The van der Waals surface area contributed by atoms with Crippen molar-refractivity contribution in [2.75, 3.05) is 0 Å². The van der Waals surface area contributed by atoms with Gasteiger partial charge in [0.05, 0.1) is 17.4 Å². The lowest BCUT2D eigenvalue weighted by atomic mass is 10.2. The molecule has 0 saturated heterocycles. The fourth-order valence-electron chi connectivity index (χ4n) is 1.14. The maximum Gasteiger partial charge on any atom is 0.573 e. The summed E-state index contributed by atoms with van der Waals surface area (Å²) in [4.78, 5) is 22.3. The van der Waals surface area contributed by atoms with Gasteiger partial charge in [-0.25, -0.2) is 0 Å². The lowest BCUT2D eigenvalue weighted by Gasteiger charge is -2.09. The zero-order valence-corrected chi connectivity index (χ0v) is 8.45. The average molecular weight is 263 g/mol. The van der Waals surface area contributed by atoms with E-state index < -0.39 is 34.7 Å². The van der Waals surface area contributed by atoms with Crippen molar-refractivity contribution in [3.8, 4) is 11.8 Å². The number of hydrogen-bond acceptors (Lipinski definition) is 5. The Morgan fingerprint density at radius 1 is 1.56 bits per heavy atom. The monoisotopic (exact) mass is 263 g/mol. The molecule has 1 N–H and O–H groups in total. The highest BCUT2D eigenvalue weighted by Gasteiger charge is 2.36. The maximum absolute atomic E-state index is 12.0. The Morgan fingerprint density at radius 3 is 2.61 bits per heavy atom. The number of nitriles is 1. The number of ether oxygens (including phenoxy) is 1. The molecule has 1 rings (SSSR count). The molecule has 0 aliphatic heterocycles. The van der Waals surface area contributed by atoms with Crippen LogP contribution in [-0.4, -0.2) is 16.3 Å². The number of pyridine rings is 1. The summed E-state index contributed by atoms with van der Waals surface area (Å²) >= 11 is 0. The first-order valence-corrected chi connectivity index (χ1v) is 4.28. The maximum atomic E-state index is 12.0. The van der Waals surface area contributed by atoms with E-state index in [0.29, 0.717) is 6.07 Å². The first-order chi connectivity index (χ1) is 8.24. The number of halogens is 3. The van der Waals surface area contributed by atoms with Gasteiger partial charge in [0, 0.05) is 11.8 Å². The smallest absolute Gasteiger partial charge is 0.398 e. The topological polar surface area (TPSA) is 109 Å². The van der Waals surface area contributed by atoms with Gasteiger partial charge in [0.1, 0.15) is 0 Å². The standard InChI is InChI=1S/C8H4F3N3O4/c9-8(10,11)18-5-3-4(1-2-12)13-7(15)6(5)14(16)17/h3H,1H2,(H,13,15). The van der Waals surface area contributed by atoms with Gasteiger partial charge in [0.2, 0.25) is 5.75 Å². The molecule has 0 bridgehead atoms. The average Bonchev–Trinajstić information content (AvgIpc) is 2.13. The molecule has 0 fully saturated rings. The number of aromatic nitrogens is 1. The summed E-state index contributed by atoms with van der Waals surface area (Å²) in [5, 5.41) is 18.8. The van der Waals surface area contributed by atoms with E-state index >= 15 is 0 Å². The van der Waals surface area contributed by atoms with Crippen LogP contribution in [0.15, 0.2) is 10.9 Å². The van der Waals surface area contributed by atoms with Gasteiger partial charge < -0.3 is 9.72 Å². The van der Waals surface area contributed by atoms with Crippen molar-refractivity contribution in [1.82, 2.24) is 4.98 Å². The van der Waals surface area contributed by atoms with Gasteiger partial charge in [-0.3, -0.25) is 14.9 Å². The third-order valence-corrected chi connectivity index (χ3v) is 1.71. The number of rotatable bonds is 3. The van der Waals surface area contributed by atoms with Crippen molar-refractivity contribution >= 4 is 5.69 Å². The molecule has 0 unspecified atom stereocenters. The predicted molar refractivity (Wildman–Crippen MR) is 49.7 cm³/mol. The Bertz CT molecular complexity index is 572. The molecule has 7 nitrogen and oxygen atoms in total. The van der Waals surface area contributed by atoms with Crippen LogP contribution < -0.4 is 10.3 Å². The van der Waals surface area contributed by atoms with Crippen LogP contribution in [0.1, 0.15) is 5.69 Å². The number of nitro groups is 1. The van der Waals surface area contributed by atoms with Crippen LogP contribution in [0.4, 0.5) is 18.9 Å². The van der Waals surface area contributed by atoms with Gasteiger partial charge >= 0.3 is 17.6 Å². The van der Waals surface area contributed by atoms with Gasteiger partial charge in [0.25, 0.3) is 0 Å². The number of nitrogens with one attached hydrogen (secondary N) is 1. The fraction of sp³-hybridized carbons (Fsp3) is 0.250. The van der Waals surface area contributed by atoms with Crippen molar-refractivity contribution in [2.45, 2.75) is 12.8 Å². The molecule has 10 heteroatoms. The van der Waals surface area contributed by atoms with E-state index in [2.05, 4.69) is 4.74 Å². The summed E-state index contributed by atoms with van der Waals surface area (Å²) in [5.74, 6) is -1.25. The lowest BCUT2D eigenvalue weighted by Crippen LogP contribution is -2.22. The largest absolute Gasteiger partial charge is 0.573 e. The van der Waals surface area contributed by atoms with Crippen molar-refractivity contribution in [2.24, 2.45) is 0 Å². The zero-order valence-electron chi connectivity index (χ0n) is 8.45. The summed E-state index contributed by atoms with van der Waals surface area (Å²) in [6.07, 6.45) is -5.59. The molecular formula is C8H4F3N3O4. The molecule has 96 valence electrons. The normalized spacial score (nSPS) is 10.8. The van der Waals surface area contributed by atoms with E-state index in [0.717, 1.165) is 0 Å². The second-order valence-corrected chi connectivity index (χ2v) is 2.98. The van der Waals surface area contributed by atoms with Gasteiger partial charge in [-0.2, -0.15) is 5.26 Å². The van der Waals surface area contributed by atoms with Crippen molar-refractivity contribution in [3.63, 3.8) is 0 Å². The van der Waals surface area contributed by atoms with Crippen LogP contribution in [0, 0.1) is 21.4 Å². The fourth-order valence-corrected chi connectivity index (χ4v) is 1.14. The number of alkyl halides is 3. The van der Waals surface area contributed by atoms with Gasteiger partial charge in [-0.05, 0) is 0 Å². The minimum absolute atomic E-state index is 0.215. The Morgan fingerprint density at radius 2 is 2.17 bits per heavy atom. The van der Waals surface area contributed by atoms with E-state index in [-0.39, 0.29) is 5.69 Å². The Labute approximate surface area is 96.6 Å². The SMILES string of the molecule is N#CCc1cc(OC(F)(F)F)c([N+](=O)[O-])c(=O)[nH]1. The minimum atomic E-state index is -5.18. The molecule has 18 heavy (non-hydrogen) atoms. The van der Waals surface area contributed by atoms with Crippen LogP contribution in [0.3, 0.4) is 0 Å². The molecule has 1 aromatic heterocycles. The van der Waals surface area contributed by atoms with Crippen molar-refractivity contribution < 1.29 is 22.8 Å². The molecule has 0 radical (unpaired) electrons. The Kier molecular flexibility index (Phi) is 3.55. The van der Waals surface area contributed by atoms with Crippen LogP contribution in [0.25, 0.3) is 0 Å². The van der Waals surface area contributed by atoms with E-state index in [1.165, 1.54) is 0 Å². The Hall–Kier alpha value is -2.57. The molecule has 0 amide bonds. The van der Waals surface area contributed by atoms with Gasteiger partial charge in [-0.15, -0.1) is 13.2 Å². The van der Waals surface area contributed by atoms with Crippen LogP contribution in [0.2, 0.25) is 0 Å². The minimum Gasteiger partial charge on any atom is -0.398 e. The highest BCUT2D eigenvalue weighted by molar-refractivity contribution is 5.45. The summed E-state index contributed by atoms with van der Waals surface area (Å²) in [6, 6.07) is 2.17. The summed E-state index contributed by atoms with van der Waals surface area (Å²) in [7, 11) is 0. The lowest BCUT2D eigenvalue weighted by molar-refractivity contribution is -0.390. The van der Waals surface area contributed by atoms with Crippen LogP contribution in [0.5, 0.6) is 5.75 Å². The van der Waals surface area contributed by atoms with E-state index in [1.807, 2.05) is 4.98 Å². The number of nitrogens with zero attached hydrogens (tertiary/aromatic N) is 2. The predicted octanol–water partition coefficient (Wildman–Crippen LogP) is 1.25. The molecule has 0 atom stereocenters. The quantitative estimate of drug-likeness (QED) is 0.651. The van der Waals surface area contributed by atoms with Crippen LogP contribution in [-0.2, 0) is 6.42 Å². The zero-order chi connectivity index (χ0) is 13.9. The Balaban J connectivity index is 3.39. The second kappa shape index (κ2) is 4.74. The number of hydrogen-bond donors (Lipinski definition) is 1. The number of H-pyrrole nitrogens is 1. The molecule has 0 aliphatic rings. The molecule has 0 saturated carbocycles. The third-order valence-electron chi connectivity index (χ3n) is 1.71. The third kappa shape index (κ3) is 3.21. The van der Waals surface area contributed by atoms with E-state index in [9.17, 15) is 28.1 Å². The van der Waals surface area contributed by atoms with Crippen molar-refractivity contribution in [1.29, 1.82) is 5.26 Å². The highest BCUT2D eigenvalue weighted by atomic mass is 19.4. The van der Waals surface area contributed by atoms with Crippen LogP contribution >= 0.6 is 0 Å². The van der Waals surface area contributed by atoms with Crippen molar-refractivity contribution in [3.05, 3.63) is 32.2 Å². The van der Waals surface area contributed by atoms with E-state index in [1.54, 1.807) is 6.07 Å². The summed E-state index contributed by atoms with van der Waals surface area (Å²) in [5.41, 5.74) is -2.95. The van der Waals surface area contributed by atoms with Gasteiger partial charge in [0.15, 0.2) is 0 Å². The molecular weight excluding hydrogens is 259 g/mol. The summed E-state index contributed by atoms with van der Waals surface area (Å²) in [6.45, 7) is 0. The van der Waals surface area contributed by atoms with E-state index in [4.69, 9.17) is 5.26 Å². The number of aromatic amines is 1.